The summed E-state index contributed by atoms with van der Waals surface area (Å²) < 4.78 is 33.2. The number of hydrogen-bond donors (Lipinski definition) is 0. The number of benzene rings is 4. The third-order valence-corrected chi connectivity index (χ3v) is 12.0. The molecule has 2 aliphatic heterocycles. The van der Waals surface area contributed by atoms with Crippen LogP contribution in [0.15, 0.2) is 121 Å². The van der Waals surface area contributed by atoms with Crippen molar-refractivity contribution < 1.29 is 47.6 Å². The van der Waals surface area contributed by atoms with Gasteiger partial charge in [0.2, 0.25) is 0 Å². The Morgan fingerprint density at radius 2 is 0.953 bits per heavy atom. The number of rotatable bonds is 22. The molecule has 12 nitrogen and oxygen atoms in total. The molecule has 64 heavy (non-hydrogen) atoms. The van der Waals surface area contributed by atoms with Gasteiger partial charge in [0.15, 0.2) is 0 Å². The van der Waals surface area contributed by atoms with Crippen molar-refractivity contribution in [3.05, 3.63) is 144 Å². The van der Waals surface area contributed by atoms with Crippen LogP contribution in [0.1, 0.15) is 72.6 Å². The summed E-state index contributed by atoms with van der Waals surface area (Å²) in [5.74, 6) is -2.29. The van der Waals surface area contributed by atoms with E-state index in [-0.39, 0.29) is 11.8 Å². The van der Waals surface area contributed by atoms with Crippen molar-refractivity contribution in [1.29, 1.82) is 0 Å². The molecule has 0 bridgehead atoms. The summed E-state index contributed by atoms with van der Waals surface area (Å²) in [6.45, 7) is 5.90. The molecule has 0 amide bonds. The first-order chi connectivity index (χ1) is 31.3. The normalized spacial score (nSPS) is 17.9. The predicted octanol–water partition coefficient (Wildman–Crippen LogP) is 7.60. The lowest BCUT2D eigenvalue weighted by Crippen LogP contribution is -2.41. The molecule has 2 aliphatic rings. The van der Waals surface area contributed by atoms with Crippen LogP contribution in [-0.2, 0) is 38.1 Å². The van der Waals surface area contributed by atoms with E-state index >= 15 is 0 Å². The minimum Gasteiger partial charge on any atom is -0.497 e. The Balaban J connectivity index is 0.859. The molecule has 12 heteroatoms. The number of esters is 4. The number of ether oxygens (including phenoxy) is 6. The molecule has 2 unspecified atom stereocenters. The zero-order valence-electron chi connectivity index (χ0n) is 37.1. The summed E-state index contributed by atoms with van der Waals surface area (Å²) in [5.41, 5.74) is 4.75. The topological polar surface area (TPSA) is 130 Å². The number of hydrogen-bond acceptors (Lipinski definition) is 12. The molecule has 0 saturated carbocycles. The van der Waals surface area contributed by atoms with E-state index in [1.54, 1.807) is 14.2 Å². The summed E-state index contributed by atoms with van der Waals surface area (Å²) in [7, 11) is 3.34. The molecule has 4 aromatic rings. The zero-order chi connectivity index (χ0) is 44.9. The number of piperidine rings is 2. The predicted molar refractivity (Wildman–Crippen MR) is 243 cm³/mol. The number of carbonyl (C=O) groups excluding carboxylic acids is 4. The van der Waals surface area contributed by atoms with Gasteiger partial charge in [-0.05, 0) is 98.1 Å². The minimum atomic E-state index is -0.985. The van der Waals surface area contributed by atoms with E-state index in [9.17, 15) is 19.2 Å². The van der Waals surface area contributed by atoms with Gasteiger partial charge in [-0.3, -0.25) is 9.59 Å². The highest BCUT2D eigenvalue weighted by atomic mass is 16.6. The Labute approximate surface area is 377 Å². The first-order valence-corrected chi connectivity index (χ1v) is 22.5. The van der Waals surface area contributed by atoms with Crippen LogP contribution in [0.3, 0.4) is 0 Å². The van der Waals surface area contributed by atoms with E-state index in [2.05, 4.69) is 58.3 Å². The first-order valence-electron chi connectivity index (χ1n) is 22.5. The van der Waals surface area contributed by atoms with Crippen molar-refractivity contribution in [2.75, 3.05) is 79.9 Å². The molecular weight excluding hydrogens is 813 g/mol. The molecule has 340 valence electrons. The van der Waals surface area contributed by atoms with Crippen molar-refractivity contribution in [2.24, 2.45) is 11.8 Å². The van der Waals surface area contributed by atoms with Crippen molar-refractivity contribution in [3.63, 3.8) is 0 Å². The second-order valence-electron chi connectivity index (χ2n) is 16.4. The molecule has 2 saturated heterocycles. The van der Waals surface area contributed by atoms with Crippen LogP contribution in [0.5, 0.6) is 11.5 Å². The maximum absolute atomic E-state index is 12.9. The molecule has 0 aromatic heterocycles. The Hall–Kier alpha value is -5.66. The second-order valence-corrected chi connectivity index (χ2v) is 16.4. The van der Waals surface area contributed by atoms with Gasteiger partial charge in [0.1, 0.15) is 11.5 Å². The number of carbonyl (C=O) groups is 4. The van der Waals surface area contributed by atoms with E-state index in [1.807, 2.05) is 60.7 Å². The molecule has 2 heterocycles. The number of nitrogens with zero attached hydrogens (tertiary/aromatic N) is 2. The third kappa shape index (κ3) is 15.0. The smallest absolute Gasteiger partial charge is 0.338 e. The van der Waals surface area contributed by atoms with E-state index in [4.69, 9.17) is 28.4 Å². The molecule has 6 rings (SSSR count). The highest BCUT2D eigenvalue weighted by molar-refractivity contribution is 5.99. The standard InChI is InChI=1S/C52H62N2O10/c1-59-45-21-9-17-41(35-45)47(39-13-5-3-6-14-39)25-31-61-33-29-53-27-11-19-43(37-53)51(57)63-49(55)23-24-50(56)64-52(58)44-20-12-28-54(38-44)30-34-62-32-26-48(40-15-7-4-8-16-40)42-18-10-22-46(36-42)60-2/h3-10,13-18,21-24,35-36,43-44,47-48H,11-12,19-20,25-34,37-38H2,1-2H3/b24-23+/t43-,44-,47?,48?/m1/s1. The van der Waals surface area contributed by atoms with Gasteiger partial charge in [0, 0.05) is 63.4 Å². The van der Waals surface area contributed by atoms with E-state index in [0.29, 0.717) is 65.4 Å². The molecule has 0 aliphatic carbocycles. The summed E-state index contributed by atoms with van der Waals surface area (Å²) in [4.78, 5) is 55.2. The average Bonchev–Trinajstić information content (AvgIpc) is 3.33. The van der Waals surface area contributed by atoms with Gasteiger partial charge in [-0.1, -0.05) is 84.9 Å². The largest absolute Gasteiger partial charge is 0.497 e. The highest BCUT2D eigenvalue weighted by Crippen LogP contribution is 2.32. The van der Waals surface area contributed by atoms with Crippen molar-refractivity contribution >= 4 is 23.9 Å². The molecule has 0 spiro atoms. The molecule has 0 N–H and O–H groups in total. The monoisotopic (exact) mass is 874 g/mol. The van der Waals surface area contributed by atoms with Crippen LogP contribution in [0, 0.1) is 11.8 Å². The fraction of sp³-hybridized carbons (Fsp3) is 0.423. The lowest BCUT2D eigenvalue weighted by atomic mass is 9.89. The Kier molecular flexibility index (Phi) is 19.1. The van der Waals surface area contributed by atoms with Crippen LogP contribution in [0.4, 0.5) is 0 Å². The van der Waals surface area contributed by atoms with Crippen LogP contribution in [0.25, 0.3) is 0 Å². The lowest BCUT2D eigenvalue weighted by Gasteiger charge is -2.31. The summed E-state index contributed by atoms with van der Waals surface area (Å²) in [6, 6.07) is 36.9. The Bertz CT molecular complexity index is 1960. The van der Waals surface area contributed by atoms with Gasteiger partial charge in [-0.25, -0.2) is 9.59 Å². The molecular formula is C52H62N2O10. The van der Waals surface area contributed by atoms with Crippen LogP contribution in [0.2, 0.25) is 0 Å². The van der Waals surface area contributed by atoms with Gasteiger partial charge in [0.05, 0.1) is 39.3 Å². The van der Waals surface area contributed by atoms with Gasteiger partial charge in [-0.15, -0.1) is 0 Å². The van der Waals surface area contributed by atoms with Crippen LogP contribution in [-0.4, -0.2) is 114 Å². The highest BCUT2D eigenvalue weighted by Gasteiger charge is 2.30. The first kappa shape index (κ1) is 47.8. The van der Waals surface area contributed by atoms with Gasteiger partial charge >= 0.3 is 23.9 Å². The molecule has 4 aromatic carbocycles. The Morgan fingerprint density at radius 1 is 0.547 bits per heavy atom. The summed E-state index contributed by atoms with van der Waals surface area (Å²) in [5, 5.41) is 0. The summed E-state index contributed by atoms with van der Waals surface area (Å²) in [6.07, 6.45) is 5.98. The van der Waals surface area contributed by atoms with E-state index < -0.39 is 35.7 Å². The van der Waals surface area contributed by atoms with Crippen LogP contribution < -0.4 is 9.47 Å². The SMILES string of the molecule is COc1cccc(C(CCOCCN2CCC[C@@H](C(=O)OC(=O)/C=C/C(=O)OC(=O)[C@@H]3CCCN(CCOCCC(c4ccccc4)c4cccc(OC)c4)C3)C2)c2ccccc2)c1. The quantitative estimate of drug-likeness (QED) is 0.0334. The maximum atomic E-state index is 12.9. The number of methoxy groups -OCH3 is 2. The third-order valence-electron chi connectivity index (χ3n) is 12.0. The van der Waals surface area contributed by atoms with E-state index in [1.165, 1.54) is 11.1 Å². The summed E-state index contributed by atoms with van der Waals surface area (Å²) >= 11 is 0. The second kappa shape index (κ2) is 25.6. The molecule has 0 radical (unpaired) electrons. The minimum absolute atomic E-state index is 0.154. The van der Waals surface area contributed by atoms with Crippen molar-refractivity contribution in [3.8, 4) is 11.5 Å². The van der Waals surface area contributed by atoms with E-state index in [0.717, 1.165) is 73.6 Å². The van der Waals surface area contributed by atoms with Gasteiger partial charge < -0.3 is 38.2 Å². The fourth-order valence-corrected chi connectivity index (χ4v) is 8.60. The zero-order valence-corrected chi connectivity index (χ0v) is 37.1. The van der Waals surface area contributed by atoms with Crippen molar-refractivity contribution in [1.82, 2.24) is 9.80 Å². The van der Waals surface area contributed by atoms with Crippen molar-refractivity contribution in [2.45, 2.75) is 50.4 Å². The average molecular weight is 875 g/mol. The van der Waals surface area contributed by atoms with Gasteiger partial charge in [0.25, 0.3) is 0 Å². The molecule has 2 fully saturated rings. The number of likely N-dealkylation sites (tertiary alicyclic amines) is 2. The fourth-order valence-electron chi connectivity index (χ4n) is 8.60. The lowest BCUT2D eigenvalue weighted by molar-refractivity contribution is -0.163. The Morgan fingerprint density at radius 3 is 1.36 bits per heavy atom. The van der Waals surface area contributed by atoms with Crippen LogP contribution >= 0.6 is 0 Å². The van der Waals surface area contributed by atoms with Gasteiger partial charge in [-0.2, -0.15) is 0 Å². The molecule has 4 atom stereocenters. The maximum Gasteiger partial charge on any atom is 0.338 e.